The van der Waals surface area contributed by atoms with Crippen LogP contribution in [0.15, 0.2) is 24.3 Å². The molecule has 1 N–H and O–H groups in total. The van der Waals surface area contributed by atoms with E-state index in [0.29, 0.717) is 17.9 Å². The van der Waals surface area contributed by atoms with Gasteiger partial charge in [-0.1, -0.05) is 0 Å². The van der Waals surface area contributed by atoms with E-state index < -0.39 is 45.2 Å². The van der Waals surface area contributed by atoms with Crippen LogP contribution in [-0.4, -0.2) is 111 Å². The summed E-state index contributed by atoms with van der Waals surface area (Å²) in [7, 11) is 9.96. The van der Waals surface area contributed by atoms with Gasteiger partial charge in [0.05, 0.1) is 18.8 Å². The number of rotatable bonds is 15. The first kappa shape index (κ1) is 31.5. The van der Waals surface area contributed by atoms with Crippen LogP contribution in [0.2, 0.25) is 0 Å². The quantitative estimate of drug-likeness (QED) is 0.183. The predicted octanol–water partition coefficient (Wildman–Crippen LogP) is 1.07. The molecule has 2 aliphatic heterocycles. The third-order valence-corrected chi connectivity index (χ3v) is 7.04. The lowest BCUT2D eigenvalue weighted by molar-refractivity contribution is -0.157. The van der Waals surface area contributed by atoms with Crippen molar-refractivity contribution in [3.05, 3.63) is 24.3 Å². The molecule has 1 aromatic carbocycles. The fourth-order valence-corrected chi connectivity index (χ4v) is 4.87. The minimum atomic E-state index is -1.88. The number of hydrogen-bond acceptors (Lipinski definition) is 12. The first-order valence-corrected chi connectivity index (χ1v) is 13.4. The number of methoxy groups -OCH3 is 2. The zero-order valence-corrected chi connectivity index (χ0v) is 23.5. The number of likely N-dealkylation sites (N-methyl/N-ethyl adjacent to an activating group) is 1. The van der Waals surface area contributed by atoms with Crippen molar-refractivity contribution < 1.29 is 56.3 Å². The van der Waals surface area contributed by atoms with Gasteiger partial charge in [0, 0.05) is 34.4 Å². The maximum Gasteiger partial charge on any atom is 0.344 e. The van der Waals surface area contributed by atoms with Crippen LogP contribution >= 0.6 is 8.60 Å². The molecule has 15 heteroatoms. The lowest BCUT2D eigenvalue weighted by Crippen LogP contribution is -2.39. The first-order valence-electron chi connectivity index (χ1n) is 12.3. The summed E-state index contributed by atoms with van der Waals surface area (Å²) in [6, 6.07) is 6.02. The van der Waals surface area contributed by atoms with E-state index in [-0.39, 0.29) is 37.9 Å². The molecule has 39 heavy (non-hydrogen) atoms. The summed E-state index contributed by atoms with van der Waals surface area (Å²) in [5.74, 6) is 0.00263. The molecule has 2 heterocycles. The molecule has 216 valence electrons. The van der Waals surface area contributed by atoms with Crippen LogP contribution < -0.4 is 14.8 Å². The van der Waals surface area contributed by atoms with Crippen molar-refractivity contribution in [3.63, 3.8) is 0 Å². The van der Waals surface area contributed by atoms with E-state index in [1.807, 2.05) is 0 Å². The number of carbonyl (C=O) groups excluding carboxylic acids is 2. The second kappa shape index (κ2) is 15.7. The molecule has 2 fully saturated rings. The van der Waals surface area contributed by atoms with E-state index in [9.17, 15) is 9.59 Å². The fraction of sp³-hybridized carbons (Fsp3) is 0.667. The SMILES string of the molecule is [B][C@H]1CC(OC)[C@@H](COP(OC)OC2C(OC(=O)COc3ccc(OCC(=O)NC)cc3)[C@H](C)O[C@@H]2OC)O1. The Morgan fingerprint density at radius 3 is 2.28 bits per heavy atom. The van der Waals surface area contributed by atoms with Crippen LogP contribution in [0.3, 0.4) is 0 Å². The third kappa shape index (κ3) is 9.26. The Labute approximate surface area is 230 Å². The zero-order valence-electron chi connectivity index (χ0n) is 22.6. The van der Waals surface area contributed by atoms with Gasteiger partial charge in [0.1, 0.15) is 25.4 Å². The van der Waals surface area contributed by atoms with Gasteiger partial charge in [0.2, 0.25) is 0 Å². The van der Waals surface area contributed by atoms with Crippen molar-refractivity contribution in [2.45, 2.75) is 56.2 Å². The molecule has 8 atom stereocenters. The van der Waals surface area contributed by atoms with Crippen LogP contribution in [0.5, 0.6) is 11.5 Å². The lowest BCUT2D eigenvalue weighted by atomic mass is 9.96. The number of carbonyl (C=O) groups is 2. The third-order valence-electron chi connectivity index (χ3n) is 5.97. The Balaban J connectivity index is 1.51. The van der Waals surface area contributed by atoms with E-state index in [2.05, 4.69) is 5.32 Å². The first-order chi connectivity index (χ1) is 18.8. The van der Waals surface area contributed by atoms with Crippen molar-refractivity contribution in [2.24, 2.45) is 0 Å². The summed E-state index contributed by atoms with van der Waals surface area (Å²) in [5.41, 5.74) is 0. The number of benzene rings is 1. The summed E-state index contributed by atoms with van der Waals surface area (Å²) >= 11 is 0. The predicted molar refractivity (Wildman–Crippen MR) is 137 cm³/mol. The van der Waals surface area contributed by atoms with Gasteiger partial charge in [-0.05, 0) is 37.6 Å². The van der Waals surface area contributed by atoms with Crippen molar-refractivity contribution >= 4 is 28.3 Å². The number of hydrogen-bond donors (Lipinski definition) is 1. The maximum absolute atomic E-state index is 12.6. The average molecular weight is 571 g/mol. The molecule has 0 bridgehead atoms. The van der Waals surface area contributed by atoms with Crippen molar-refractivity contribution in [1.29, 1.82) is 0 Å². The molecule has 0 saturated carbocycles. The number of nitrogens with one attached hydrogen (secondary N) is 1. The number of esters is 1. The fourth-order valence-electron chi connectivity index (χ4n) is 3.93. The molecule has 4 unspecified atom stereocenters. The van der Waals surface area contributed by atoms with Crippen LogP contribution in [-0.2, 0) is 46.8 Å². The normalized spacial score (nSPS) is 29.1. The van der Waals surface area contributed by atoms with Gasteiger partial charge in [-0.25, -0.2) is 4.79 Å². The highest BCUT2D eigenvalue weighted by Gasteiger charge is 2.48. The maximum atomic E-state index is 12.6. The Kier molecular flexibility index (Phi) is 12.7. The van der Waals surface area contributed by atoms with Gasteiger partial charge < -0.3 is 47.5 Å². The minimum Gasteiger partial charge on any atom is -0.484 e. The Morgan fingerprint density at radius 2 is 1.69 bits per heavy atom. The standard InChI is InChI=1S/C24H35BNO12P/c1-14-22(37-21(28)13-33-16-8-6-15(7-9-16)32-12-20(27)26-2)23(24(30-4)35-14)38-39(31-5)34-11-18-17(29-3)10-19(25)36-18/h6-9,14,17-19,22-24H,10-13H2,1-5H3,(H,26,27)/t14-,17?,18+,19+,22?,23?,24-,39?/m0/s1. The van der Waals surface area contributed by atoms with Crippen LogP contribution in [0.4, 0.5) is 0 Å². The molecule has 13 nitrogen and oxygen atoms in total. The monoisotopic (exact) mass is 571 g/mol. The molecular weight excluding hydrogens is 536 g/mol. The second-order valence-electron chi connectivity index (χ2n) is 8.62. The molecule has 2 aliphatic rings. The molecule has 1 amide bonds. The van der Waals surface area contributed by atoms with Gasteiger partial charge in [0.25, 0.3) is 5.91 Å². The minimum absolute atomic E-state index is 0.108. The van der Waals surface area contributed by atoms with Gasteiger partial charge in [-0.15, -0.1) is 0 Å². The smallest absolute Gasteiger partial charge is 0.344 e. The molecule has 0 aliphatic carbocycles. The molecule has 1 aromatic rings. The van der Waals surface area contributed by atoms with Crippen LogP contribution in [0.1, 0.15) is 13.3 Å². The lowest BCUT2D eigenvalue weighted by Gasteiger charge is -2.27. The van der Waals surface area contributed by atoms with Crippen molar-refractivity contribution in [3.8, 4) is 11.5 Å². The summed E-state index contributed by atoms with van der Waals surface area (Å²) in [6.45, 7) is 1.39. The Morgan fingerprint density at radius 1 is 1.03 bits per heavy atom. The molecule has 2 radical (unpaired) electrons. The Hall–Kier alpha value is -2.03. The number of ether oxygens (including phenoxy) is 7. The topological polar surface area (TPSA) is 138 Å². The highest BCUT2D eigenvalue weighted by atomic mass is 31.2. The summed E-state index contributed by atoms with van der Waals surface area (Å²) in [5, 5.41) is 2.47. The number of amides is 1. The highest BCUT2D eigenvalue weighted by molar-refractivity contribution is 7.41. The molecule has 0 spiro atoms. The van der Waals surface area contributed by atoms with Gasteiger partial charge in [0.15, 0.2) is 31.7 Å². The van der Waals surface area contributed by atoms with Crippen molar-refractivity contribution in [2.75, 3.05) is 48.2 Å². The van der Waals surface area contributed by atoms with Gasteiger partial charge in [-0.2, -0.15) is 0 Å². The molecule has 3 rings (SSSR count). The zero-order chi connectivity index (χ0) is 28.4. The van der Waals surface area contributed by atoms with Gasteiger partial charge >= 0.3 is 14.6 Å². The Bertz CT molecular complexity index is 912. The summed E-state index contributed by atoms with van der Waals surface area (Å²) in [4.78, 5) is 23.9. The van der Waals surface area contributed by atoms with E-state index in [1.165, 1.54) is 21.3 Å². The van der Waals surface area contributed by atoms with E-state index in [4.69, 9.17) is 54.6 Å². The van der Waals surface area contributed by atoms with E-state index in [0.717, 1.165) is 0 Å². The summed E-state index contributed by atoms with van der Waals surface area (Å²) in [6.07, 6.45) is -3.06. The van der Waals surface area contributed by atoms with Crippen LogP contribution in [0.25, 0.3) is 0 Å². The largest absolute Gasteiger partial charge is 0.484 e. The van der Waals surface area contributed by atoms with E-state index in [1.54, 1.807) is 38.3 Å². The van der Waals surface area contributed by atoms with Crippen molar-refractivity contribution in [1.82, 2.24) is 5.32 Å². The average Bonchev–Trinajstić information content (AvgIpc) is 3.46. The summed E-state index contributed by atoms with van der Waals surface area (Å²) < 4.78 is 55.9. The molecular formula is C24H35BNO12P. The van der Waals surface area contributed by atoms with Crippen LogP contribution in [0, 0.1) is 0 Å². The van der Waals surface area contributed by atoms with Gasteiger partial charge in [-0.3, -0.25) is 9.32 Å². The highest BCUT2D eigenvalue weighted by Crippen LogP contribution is 2.45. The second-order valence-corrected chi connectivity index (χ2v) is 9.90. The molecule has 0 aromatic heterocycles. The van der Waals surface area contributed by atoms with E-state index >= 15 is 0 Å². The molecule has 2 saturated heterocycles.